The van der Waals surface area contributed by atoms with Crippen molar-refractivity contribution in [3.63, 3.8) is 0 Å². The van der Waals surface area contributed by atoms with Crippen molar-refractivity contribution in [1.29, 1.82) is 0 Å². The molecule has 0 bridgehead atoms. The van der Waals surface area contributed by atoms with Gasteiger partial charge in [-0.3, -0.25) is 0 Å². The number of hydrogen-bond acceptors (Lipinski definition) is 0. The fourth-order valence-electron chi connectivity index (χ4n) is 3.63. The molecule has 0 radical (unpaired) electrons. The predicted molar refractivity (Wildman–Crippen MR) is 119 cm³/mol. The van der Waals surface area contributed by atoms with Crippen LogP contribution in [0.1, 0.15) is 5.56 Å². The highest BCUT2D eigenvalue weighted by Gasteiger charge is 2.45. The quantitative estimate of drug-likeness (QED) is 0.448. The maximum Gasteiger partial charge on any atom is 0.116 e. The fourth-order valence-corrected chi connectivity index (χ4v) is 7.87. The third-order valence-electron chi connectivity index (χ3n) is 4.85. The molecule has 0 aliphatic carbocycles. The SMILES string of the molecule is O.[Cl-].c1ccc(C[P+](c2ccccc2)(c2ccccc2)c2ccccc2)cc1. The number of halogens is 1. The van der Waals surface area contributed by atoms with Gasteiger partial charge in [0.05, 0.1) is 6.16 Å². The van der Waals surface area contributed by atoms with Crippen molar-refractivity contribution >= 4 is 23.2 Å². The minimum atomic E-state index is -1.78. The monoisotopic (exact) mass is 406 g/mol. The number of rotatable bonds is 5. The van der Waals surface area contributed by atoms with Crippen molar-refractivity contribution in [2.75, 3.05) is 0 Å². The Morgan fingerprint density at radius 1 is 0.429 bits per heavy atom. The molecular weight excluding hydrogens is 383 g/mol. The molecule has 0 unspecified atom stereocenters. The average Bonchev–Trinajstić information content (AvgIpc) is 2.75. The highest BCUT2D eigenvalue weighted by molar-refractivity contribution is 7.95. The predicted octanol–water partition coefficient (Wildman–Crippen LogP) is 1.36. The molecule has 0 atom stereocenters. The molecule has 0 amide bonds. The summed E-state index contributed by atoms with van der Waals surface area (Å²) in [6.07, 6.45) is 1.03. The molecule has 0 spiro atoms. The molecule has 0 saturated carbocycles. The van der Waals surface area contributed by atoms with Crippen molar-refractivity contribution in [1.82, 2.24) is 0 Å². The zero-order chi connectivity index (χ0) is 17.7. The van der Waals surface area contributed by atoms with Crippen molar-refractivity contribution < 1.29 is 17.9 Å². The van der Waals surface area contributed by atoms with Crippen LogP contribution in [0.2, 0.25) is 0 Å². The first-order valence-electron chi connectivity index (χ1n) is 8.98. The van der Waals surface area contributed by atoms with Crippen LogP contribution in [-0.2, 0) is 6.16 Å². The summed E-state index contributed by atoms with van der Waals surface area (Å²) in [5, 5.41) is 4.30. The van der Waals surface area contributed by atoms with Crippen molar-refractivity contribution in [2.45, 2.75) is 6.16 Å². The normalized spacial score (nSPS) is 10.4. The molecule has 4 aromatic rings. The molecule has 4 aromatic carbocycles. The van der Waals surface area contributed by atoms with Crippen LogP contribution in [-0.4, -0.2) is 5.48 Å². The molecule has 0 aromatic heterocycles. The van der Waals surface area contributed by atoms with Gasteiger partial charge in [0.2, 0.25) is 0 Å². The standard InChI is InChI=1S/C25H22P.ClH.H2O/c1-5-13-22(14-6-1)21-26(23-15-7-2-8-16-23,24-17-9-3-10-18-24)25-19-11-4-12-20-25;;/h1-20H,21H2;1H;1H2/q+1;;/p-1. The Morgan fingerprint density at radius 3 is 1.04 bits per heavy atom. The van der Waals surface area contributed by atoms with E-state index in [0.717, 1.165) is 6.16 Å². The maximum atomic E-state index is 2.30. The van der Waals surface area contributed by atoms with Crippen LogP contribution in [0.3, 0.4) is 0 Å². The third kappa shape index (κ3) is 4.34. The van der Waals surface area contributed by atoms with Crippen LogP contribution >= 0.6 is 7.26 Å². The second-order valence-electron chi connectivity index (χ2n) is 6.46. The Kier molecular flexibility index (Phi) is 7.96. The van der Waals surface area contributed by atoms with E-state index in [-0.39, 0.29) is 17.9 Å². The van der Waals surface area contributed by atoms with Gasteiger partial charge in [0.25, 0.3) is 0 Å². The van der Waals surface area contributed by atoms with E-state index < -0.39 is 7.26 Å². The molecule has 2 N–H and O–H groups in total. The van der Waals surface area contributed by atoms with Crippen LogP contribution in [0, 0.1) is 0 Å². The van der Waals surface area contributed by atoms with Crippen LogP contribution in [0.4, 0.5) is 0 Å². The Labute approximate surface area is 174 Å². The van der Waals surface area contributed by atoms with Gasteiger partial charge in [-0.1, -0.05) is 84.9 Å². The number of benzene rings is 4. The summed E-state index contributed by atoms with van der Waals surface area (Å²) >= 11 is 0. The van der Waals surface area contributed by atoms with Gasteiger partial charge in [-0.25, -0.2) is 0 Å². The lowest BCUT2D eigenvalue weighted by Crippen LogP contribution is -3.00. The summed E-state index contributed by atoms with van der Waals surface area (Å²) in [6.45, 7) is 0. The van der Waals surface area contributed by atoms with E-state index >= 15 is 0 Å². The molecule has 1 nitrogen and oxygen atoms in total. The Hall–Kier alpha value is -2.44. The second kappa shape index (κ2) is 10.2. The second-order valence-corrected chi connectivity index (χ2v) is 9.95. The van der Waals surface area contributed by atoms with E-state index in [9.17, 15) is 0 Å². The van der Waals surface area contributed by atoms with Gasteiger partial charge in [-0.15, -0.1) is 0 Å². The van der Waals surface area contributed by atoms with E-state index in [4.69, 9.17) is 0 Å². The van der Waals surface area contributed by atoms with Crippen molar-refractivity contribution in [3.05, 3.63) is 127 Å². The molecule has 0 saturated heterocycles. The maximum absolute atomic E-state index is 2.30. The van der Waals surface area contributed by atoms with Gasteiger partial charge in [0.15, 0.2) is 0 Å². The van der Waals surface area contributed by atoms with Gasteiger partial charge in [0, 0.05) is 0 Å². The van der Waals surface area contributed by atoms with E-state index in [0.29, 0.717) is 0 Å². The van der Waals surface area contributed by atoms with Crippen LogP contribution in [0.25, 0.3) is 0 Å². The van der Waals surface area contributed by atoms with Gasteiger partial charge < -0.3 is 17.9 Å². The zero-order valence-electron chi connectivity index (χ0n) is 15.6. The molecule has 0 aliphatic rings. The first-order valence-corrected chi connectivity index (χ1v) is 11.0. The van der Waals surface area contributed by atoms with E-state index in [1.165, 1.54) is 21.5 Å². The van der Waals surface area contributed by atoms with Gasteiger partial charge in [-0.05, 0) is 42.0 Å². The minimum Gasteiger partial charge on any atom is -1.00 e. The van der Waals surface area contributed by atoms with Gasteiger partial charge >= 0.3 is 0 Å². The summed E-state index contributed by atoms with van der Waals surface area (Å²) in [5.74, 6) is 0. The van der Waals surface area contributed by atoms with Crippen LogP contribution in [0.15, 0.2) is 121 Å². The lowest BCUT2D eigenvalue weighted by molar-refractivity contribution is -0.00000623. The van der Waals surface area contributed by atoms with Gasteiger partial charge in [-0.2, -0.15) is 0 Å². The molecule has 0 fully saturated rings. The lowest BCUT2D eigenvalue weighted by atomic mass is 10.2. The lowest BCUT2D eigenvalue weighted by Gasteiger charge is -2.27. The summed E-state index contributed by atoms with van der Waals surface area (Å²) in [5.41, 5.74) is 1.39. The summed E-state index contributed by atoms with van der Waals surface area (Å²) in [7, 11) is -1.78. The van der Waals surface area contributed by atoms with Crippen LogP contribution < -0.4 is 28.3 Å². The third-order valence-corrected chi connectivity index (χ3v) is 9.23. The smallest absolute Gasteiger partial charge is 0.116 e. The van der Waals surface area contributed by atoms with E-state index in [1.807, 2.05) is 0 Å². The van der Waals surface area contributed by atoms with E-state index in [1.54, 1.807) is 0 Å². The van der Waals surface area contributed by atoms with Gasteiger partial charge in [0.1, 0.15) is 23.2 Å². The Bertz CT molecular complexity index is 848. The Balaban J connectivity index is 0.00000140. The van der Waals surface area contributed by atoms with Crippen LogP contribution in [0.5, 0.6) is 0 Å². The molecule has 28 heavy (non-hydrogen) atoms. The van der Waals surface area contributed by atoms with Crippen molar-refractivity contribution in [3.8, 4) is 0 Å². The molecule has 4 rings (SSSR count). The summed E-state index contributed by atoms with van der Waals surface area (Å²) < 4.78 is 0. The summed E-state index contributed by atoms with van der Waals surface area (Å²) in [4.78, 5) is 0. The first kappa shape index (κ1) is 21.9. The minimum absolute atomic E-state index is 0. The number of hydrogen-bond donors (Lipinski definition) is 0. The molecule has 3 heteroatoms. The zero-order valence-corrected chi connectivity index (χ0v) is 17.2. The molecule has 0 aliphatic heterocycles. The Morgan fingerprint density at radius 2 is 0.714 bits per heavy atom. The molecular formula is C25H24ClOP. The molecule has 142 valence electrons. The van der Waals surface area contributed by atoms with Crippen molar-refractivity contribution in [2.24, 2.45) is 0 Å². The highest BCUT2D eigenvalue weighted by Crippen LogP contribution is 2.58. The highest BCUT2D eigenvalue weighted by atomic mass is 35.5. The topological polar surface area (TPSA) is 31.5 Å². The largest absolute Gasteiger partial charge is 1.00 e. The van der Waals surface area contributed by atoms with E-state index in [2.05, 4.69) is 121 Å². The first-order chi connectivity index (χ1) is 12.9. The average molecular weight is 407 g/mol. The summed E-state index contributed by atoms with van der Waals surface area (Å²) in [6, 6.07) is 44.0. The fraction of sp³-hybridized carbons (Fsp3) is 0.0400. The molecule has 0 heterocycles.